The molecule has 1 unspecified atom stereocenters. The zero-order valence-corrected chi connectivity index (χ0v) is 13.0. The van der Waals surface area contributed by atoms with Crippen LogP contribution in [0.3, 0.4) is 0 Å². The number of amides is 1. The van der Waals surface area contributed by atoms with Crippen molar-refractivity contribution in [3.63, 3.8) is 0 Å². The Hall–Kier alpha value is -1.92. The van der Waals surface area contributed by atoms with Gasteiger partial charge in [0.15, 0.2) is 0 Å². The number of carbonyl (C=O) groups is 1. The molecule has 1 aliphatic heterocycles. The molecule has 1 aliphatic rings. The molecule has 1 fully saturated rings. The average molecular weight is 318 g/mol. The van der Waals surface area contributed by atoms with Crippen LogP contribution in [0.25, 0.3) is 0 Å². The second-order valence-corrected chi connectivity index (χ2v) is 6.16. The molecule has 22 heavy (non-hydrogen) atoms. The van der Waals surface area contributed by atoms with E-state index in [1.54, 1.807) is 4.90 Å². The first kappa shape index (κ1) is 15.0. The van der Waals surface area contributed by atoms with Crippen molar-refractivity contribution in [2.45, 2.75) is 32.1 Å². The fourth-order valence-electron chi connectivity index (χ4n) is 2.65. The summed E-state index contributed by atoms with van der Waals surface area (Å²) in [5.74, 6) is 0. The summed E-state index contributed by atoms with van der Waals surface area (Å²) in [7, 11) is 0. The van der Waals surface area contributed by atoms with Crippen LogP contribution in [0.5, 0.6) is 0 Å². The summed E-state index contributed by atoms with van der Waals surface area (Å²) in [5.41, 5.74) is 1.83. The molecule has 1 aromatic heterocycles. The van der Waals surface area contributed by atoms with Gasteiger partial charge in [0.1, 0.15) is 11.6 Å². The molecule has 0 spiro atoms. The number of aromatic nitrogens is 1. The molecule has 1 saturated heterocycles. The SMILES string of the molecule is O=C(OCc1ccccc1)N1CCCC1c1csc(CO)n1. The van der Waals surface area contributed by atoms with Crippen LogP contribution in [0.4, 0.5) is 4.79 Å². The number of hydrogen-bond donors (Lipinski definition) is 1. The zero-order chi connectivity index (χ0) is 15.4. The Morgan fingerprint density at radius 3 is 2.95 bits per heavy atom. The summed E-state index contributed by atoms with van der Waals surface area (Å²) in [5, 5.41) is 11.7. The van der Waals surface area contributed by atoms with Crippen molar-refractivity contribution in [2.24, 2.45) is 0 Å². The molecular formula is C16H18N2O3S. The third-order valence-electron chi connectivity index (χ3n) is 3.74. The lowest BCUT2D eigenvalue weighted by Crippen LogP contribution is -2.31. The minimum Gasteiger partial charge on any atom is -0.445 e. The normalized spacial score (nSPS) is 17.7. The Labute approximate surface area is 133 Å². The molecule has 3 rings (SSSR count). The van der Waals surface area contributed by atoms with Crippen molar-refractivity contribution >= 4 is 17.4 Å². The van der Waals surface area contributed by atoms with Crippen molar-refractivity contribution in [3.05, 3.63) is 52.0 Å². The molecule has 1 aromatic carbocycles. The largest absolute Gasteiger partial charge is 0.445 e. The maximum Gasteiger partial charge on any atom is 0.410 e. The Morgan fingerprint density at radius 2 is 2.23 bits per heavy atom. The fraction of sp³-hybridized carbons (Fsp3) is 0.375. The number of thiazole rings is 1. The lowest BCUT2D eigenvalue weighted by Gasteiger charge is -2.22. The molecule has 1 atom stereocenters. The van der Waals surface area contributed by atoms with E-state index in [4.69, 9.17) is 9.84 Å². The van der Waals surface area contributed by atoms with E-state index in [1.807, 2.05) is 35.7 Å². The highest BCUT2D eigenvalue weighted by Gasteiger charge is 2.32. The summed E-state index contributed by atoms with van der Waals surface area (Å²) in [6.45, 7) is 0.905. The van der Waals surface area contributed by atoms with Crippen LogP contribution in [0.15, 0.2) is 35.7 Å². The van der Waals surface area contributed by atoms with Crippen LogP contribution < -0.4 is 0 Å². The number of benzene rings is 1. The number of hydrogen-bond acceptors (Lipinski definition) is 5. The lowest BCUT2D eigenvalue weighted by atomic mass is 10.2. The van der Waals surface area contributed by atoms with Gasteiger partial charge < -0.3 is 9.84 Å². The van der Waals surface area contributed by atoms with Crippen LogP contribution in [0.2, 0.25) is 0 Å². The Morgan fingerprint density at radius 1 is 1.41 bits per heavy atom. The molecule has 2 heterocycles. The number of aliphatic hydroxyl groups excluding tert-OH is 1. The third-order valence-corrected chi connectivity index (χ3v) is 4.59. The molecule has 116 valence electrons. The number of nitrogens with zero attached hydrogens (tertiary/aromatic N) is 2. The van der Waals surface area contributed by atoms with E-state index in [9.17, 15) is 4.79 Å². The van der Waals surface area contributed by atoms with Gasteiger partial charge in [-0.05, 0) is 18.4 Å². The van der Waals surface area contributed by atoms with Crippen molar-refractivity contribution in [1.29, 1.82) is 0 Å². The molecular weight excluding hydrogens is 300 g/mol. The van der Waals surface area contributed by atoms with E-state index in [0.29, 0.717) is 11.6 Å². The van der Waals surface area contributed by atoms with E-state index in [1.165, 1.54) is 11.3 Å². The highest BCUT2D eigenvalue weighted by Crippen LogP contribution is 2.33. The first-order valence-corrected chi connectivity index (χ1v) is 8.18. The predicted molar refractivity (Wildman–Crippen MR) is 83.3 cm³/mol. The van der Waals surface area contributed by atoms with Gasteiger partial charge >= 0.3 is 6.09 Å². The topological polar surface area (TPSA) is 62.7 Å². The number of rotatable bonds is 4. The van der Waals surface area contributed by atoms with Gasteiger partial charge in [0.25, 0.3) is 0 Å². The highest BCUT2D eigenvalue weighted by molar-refractivity contribution is 7.09. The quantitative estimate of drug-likeness (QED) is 0.941. The Balaban J connectivity index is 1.63. The van der Waals surface area contributed by atoms with Gasteiger partial charge in [-0.1, -0.05) is 30.3 Å². The lowest BCUT2D eigenvalue weighted by molar-refractivity contribution is 0.0915. The van der Waals surface area contributed by atoms with Crippen molar-refractivity contribution in [1.82, 2.24) is 9.88 Å². The molecule has 1 amide bonds. The molecule has 0 bridgehead atoms. The average Bonchev–Trinajstić information content (AvgIpc) is 3.21. The molecule has 5 nitrogen and oxygen atoms in total. The second-order valence-electron chi connectivity index (χ2n) is 5.22. The van der Waals surface area contributed by atoms with Crippen molar-refractivity contribution in [2.75, 3.05) is 6.54 Å². The maximum absolute atomic E-state index is 12.3. The highest BCUT2D eigenvalue weighted by atomic mass is 32.1. The number of ether oxygens (including phenoxy) is 1. The van der Waals surface area contributed by atoms with Gasteiger partial charge in [-0.2, -0.15) is 0 Å². The molecule has 0 saturated carbocycles. The van der Waals surface area contributed by atoms with E-state index in [0.717, 1.165) is 24.1 Å². The summed E-state index contributed by atoms with van der Waals surface area (Å²) in [6, 6.07) is 9.61. The van der Waals surface area contributed by atoms with Gasteiger partial charge in [-0.15, -0.1) is 11.3 Å². The summed E-state index contributed by atoms with van der Waals surface area (Å²) in [6.07, 6.45) is 1.52. The first-order valence-electron chi connectivity index (χ1n) is 7.30. The minimum atomic E-state index is -0.301. The number of carbonyl (C=O) groups excluding carboxylic acids is 1. The molecule has 1 N–H and O–H groups in total. The zero-order valence-electron chi connectivity index (χ0n) is 12.1. The van der Waals surface area contributed by atoms with Crippen LogP contribution in [-0.2, 0) is 18.0 Å². The third kappa shape index (κ3) is 3.28. The minimum absolute atomic E-state index is 0.0418. The smallest absolute Gasteiger partial charge is 0.410 e. The molecule has 0 aliphatic carbocycles. The van der Waals surface area contributed by atoms with Gasteiger partial charge in [-0.3, -0.25) is 4.90 Å². The van der Waals surface area contributed by atoms with E-state index in [-0.39, 0.29) is 25.3 Å². The fourth-order valence-corrected chi connectivity index (χ4v) is 3.34. The number of aliphatic hydroxyl groups is 1. The van der Waals surface area contributed by atoms with Crippen LogP contribution in [0.1, 0.15) is 35.1 Å². The van der Waals surface area contributed by atoms with Gasteiger partial charge in [-0.25, -0.2) is 9.78 Å². The van der Waals surface area contributed by atoms with Crippen LogP contribution >= 0.6 is 11.3 Å². The van der Waals surface area contributed by atoms with E-state index >= 15 is 0 Å². The Kier molecular flexibility index (Phi) is 4.70. The maximum atomic E-state index is 12.3. The first-order chi connectivity index (χ1) is 10.8. The van der Waals surface area contributed by atoms with Crippen molar-refractivity contribution in [3.8, 4) is 0 Å². The molecule has 0 radical (unpaired) electrons. The summed E-state index contributed by atoms with van der Waals surface area (Å²) >= 11 is 1.42. The van der Waals surface area contributed by atoms with E-state index < -0.39 is 0 Å². The Bertz CT molecular complexity index is 629. The standard InChI is InChI=1S/C16H18N2O3S/c19-9-15-17-13(11-22-15)14-7-4-8-18(14)16(20)21-10-12-5-2-1-3-6-12/h1-3,5-6,11,14,19H,4,7-10H2. The molecule has 2 aromatic rings. The summed E-state index contributed by atoms with van der Waals surface area (Å²) < 4.78 is 5.41. The predicted octanol–water partition coefficient (Wildman–Crippen LogP) is 3.11. The second kappa shape index (κ2) is 6.89. The van der Waals surface area contributed by atoms with Gasteiger partial charge in [0.2, 0.25) is 0 Å². The van der Waals surface area contributed by atoms with Crippen LogP contribution in [0, 0.1) is 0 Å². The van der Waals surface area contributed by atoms with E-state index in [2.05, 4.69) is 4.98 Å². The van der Waals surface area contributed by atoms with Gasteiger partial charge in [0, 0.05) is 11.9 Å². The van der Waals surface area contributed by atoms with Crippen LogP contribution in [-0.4, -0.2) is 27.6 Å². The monoisotopic (exact) mass is 318 g/mol. The number of likely N-dealkylation sites (tertiary alicyclic amines) is 1. The van der Waals surface area contributed by atoms with Crippen molar-refractivity contribution < 1.29 is 14.6 Å². The molecule has 6 heteroatoms. The van der Waals surface area contributed by atoms with Gasteiger partial charge in [0.05, 0.1) is 18.3 Å². The summed E-state index contributed by atoms with van der Waals surface area (Å²) in [4.78, 5) is 18.4.